The fourth-order valence-electron chi connectivity index (χ4n) is 2.22. The largest absolute Gasteiger partial charge is 0.377 e. The molecule has 100 valence electrons. The van der Waals surface area contributed by atoms with Gasteiger partial charge in [0.25, 0.3) is 0 Å². The van der Waals surface area contributed by atoms with Crippen molar-refractivity contribution in [1.29, 1.82) is 0 Å². The molecule has 1 saturated heterocycles. The summed E-state index contributed by atoms with van der Waals surface area (Å²) in [5, 5.41) is 0.996. The van der Waals surface area contributed by atoms with Gasteiger partial charge < -0.3 is 9.64 Å². The van der Waals surface area contributed by atoms with Gasteiger partial charge in [-0.25, -0.2) is 0 Å². The van der Waals surface area contributed by atoms with E-state index in [2.05, 4.69) is 21.2 Å². The summed E-state index contributed by atoms with van der Waals surface area (Å²) in [5.74, 6) is 0.818. The lowest BCUT2D eigenvalue weighted by Crippen LogP contribution is -2.29. The summed E-state index contributed by atoms with van der Waals surface area (Å²) in [6.07, 6.45) is 1.30. The molecule has 0 unspecified atom stereocenters. The summed E-state index contributed by atoms with van der Waals surface area (Å²) in [5.41, 5.74) is 1.07. The van der Waals surface area contributed by atoms with E-state index in [1.54, 1.807) is 0 Å². The zero-order valence-corrected chi connectivity index (χ0v) is 11.8. The summed E-state index contributed by atoms with van der Waals surface area (Å²) < 4.78 is 10.1. The Balaban J connectivity index is 1.81. The van der Waals surface area contributed by atoms with E-state index >= 15 is 0 Å². The van der Waals surface area contributed by atoms with Gasteiger partial charge in [0.2, 0.25) is 5.13 Å². The van der Waals surface area contributed by atoms with Crippen LogP contribution in [-0.4, -0.2) is 35.2 Å². The highest BCUT2D eigenvalue weighted by Gasteiger charge is 2.18. The van der Waals surface area contributed by atoms with Crippen molar-refractivity contribution in [1.82, 2.24) is 9.36 Å². The molecule has 0 bridgehead atoms. The van der Waals surface area contributed by atoms with Gasteiger partial charge in [-0.1, -0.05) is 30.3 Å². The number of ether oxygens (including phenoxy) is 1. The Hall–Kier alpha value is -1.46. The lowest BCUT2D eigenvalue weighted by Gasteiger charge is -2.20. The molecule has 5 heteroatoms. The van der Waals surface area contributed by atoms with Crippen LogP contribution in [0.5, 0.6) is 0 Å². The molecule has 0 N–H and O–H groups in total. The van der Waals surface area contributed by atoms with Crippen LogP contribution in [0.25, 0.3) is 11.4 Å². The number of rotatable bonds is 2. The molecule has 1 aliphatic heterocycles. The minimum absolute atomic E-state index is 0.256. The topological polar surface area (TPSA) is 38.2 Å². The van der Waals surface area contributed by atoms with Crippen molar-refractivity contribution >= 4 is 16.7 Å². The second-order valence-corrected chi connectivity index (χ2v) is 5.48. The summed E-state index contributed by atoms with van der Waals surface area (Å²) in [6, 6.07) is 10.1. The summed E-state index contributed by atoms with van der Waals surface area (Å²) in [6.45, 7) is 4.83. The maximum Gasteiger partial charge on any atom is 0.205 e. The van der Waals surface area contributed by atoms with Crippen molar-refractivity contribution < 1.29 is 4.74 Å². The van der Waals surface area contributed by atoms with E-state index in [1.165, 1.54) is 11.5 Å². The minimum atomic E-state index is 0.256. The number of nitrogens with zero attached hydrogens (tertiary/aromatic N) is 3. The van der Waals surface area contributed by atoms with Crippen LogP contribution in [0.3, 0.4) is 0 Å². The normalized spacial score (nSPS) is 20.3. The average molecular weight is 275 g/mol. The van der Waals surface area contributed by atoms with Crippen molar-refractivity contribution in [2.45, 2.75) is 19.4 Å². The molecular formula is C14H17N3OS. The Morgan fingerprint density at radius 2 is 2.16 bits per heavy atom. The van der Waals surface area contributed by atoms with Crippen LogP contribution < -0.4 is 4.90 Å². The highest BCUT2D eigenvalue weighted by molar-refractivity contribution is 7.09. The fourth-order valence-corrected chi connectivity index (χ4v) is 2.94. The third-order valence-corrected chi connectivity index (χ3v) is 3.95. The van der Waals surface area contributed by atoms with Gasteiger partial charge in [-0.2, -0.15) is 9.36 Å². The Labute approximate surface area is 117 Å². The van der Waals surface area contributed by atoms with Crippen molar-refractivity contribution in [2.24, 2.45) is 0 Å². The molecule has 0 amide bonds. The quantitative estimate of drug-likeness (QED) is 0.844. The van der Waals surface area contributed by atoms with Gasteiger partial charge in [0, 0.05) is 36.8 Å². The van der Waals surface area contributed by atoms with Crippen LogP contribution in [0, 0.1) is 0 Å². The first-order valence-electron chi connectivity index (χ1n) is 6.58. The predicted molar refractivity (Wildman–Crippen MR) is 77.6 cm³/mol. The number of hydrogen-bond acceptors (Lipinski definition) is 5. The van der Waals surface area contributed by atoms with E-state index in [0.717, 1.165) is 42.6 Å². The summed E-state index contributed by atoms with van der Waals surface area (Å²) in [4.78, 5) is 6.94. The van der Waals surface area contributed by atoms with E-state index in [4.69, 9.17) is 4.74 Å². The van der Waals surface area contributed by atoms with Crippen LogP contribution in [0.1, 0.15) is 13.3 Å². The van der Waals surface area contributed by atoms with E-state index in [9.17, 15) is 0 Å². The molecule has 0 spiro atoms. The minimum Gasteiger partial charge on any atom is -0.377 e. The van der Waals surface area contributed by atoms with Gasteiger partial charge in [-0.05, 0) is 13.3 Å². The number of hydrogen-bond donors (Lipinski definition) is 0. The lowest BCUT2D eigenvalue weighted by atomic mass is 10.2. The zero-order valence-electron chi connectivity index (χ0n) is 11.0. The zero-order chi connectivity index (χ0) is 13.1. The Morgan fingerprint density at radius 3 is 3.00 bits per heavy atom. The Morgan fingerprint density at radius 1 is 1.32 bits per heavy atom. The van der Waals surface area contributed by atoms with E-state index in [-0.39, 0.29) is 6.10 Å². The molecular weight excluding hydrogens is 258 g/mol. The number of benzene rings is 1. The van der Waals surface area contributed by atoms with Gasteiger partial charge >= 0.3 is 0 Å². The standard InChI is InChI=1S/C14H17N3OS/c1-11-10-17(8-5-9-18-11)14-15-13(16-19-14)12-6-3-2-4-7-12/h2-4,6-7,11H,5,8-10H2,1H3/t11-/m0/s1. The molecule has 2 heterocycles. The lowest BCUT2D eigenvalue weighted by molar-refractivity contribution is 0.0821. The molecule has 1 atom stereocenters. The molecule has 3 rings (SSSR count). The second-order valence-electron chi connectivity index (χ2n) is 4.75. The van der Waals surface area contributed by atoms with Crippen LogP contribution in [0.2, 0.25) is 0 Å². The van der Waals surface area contributed by atoms with E-state index in [0.29, 0.717) is 0 Å². The molecule has 0 saturated carbocycles. The molecule has 0 aliphatic carbocycles. The average Bonchev–Trinajstić information content (AvgIpc) is 2.83. The molecule has 4 nitrogen and oxygen atoms in total. The van der Waals surface area contributed by atoms with Gasteiger partial charge in [-0.3, -0.25) is 0 Å². The third-order valence-electron chi connectivity index (χ3n) is 3.17. The molecule has 19 heavy (non-hydrogen) atoms. The Bertz CT molecular complexity index is 528. The second kappa shape index (κ2) is 5.67. The highest BCUT2D eigenvalue weighted by atomic mass is 32.1. The SMILES string of the molecule is C[C@H]1CN(c2nc(-c3ccccc3)ns2)CCCO1. The fraction of sp³-hybridized carbons (Fsp3) is 0.429. The van der Waals surface area contributed by atoms with Crippen molar-refractivity contribution in [3.63, 3.8) is 0 Å². The third kappa shape index (κ3) is 2.93. The highest BCUT2D eigenvalue weighted by Crippen LogP contribution is 2.25. The first kappa shape index (κ1) is 12.6. The van der Waals surface area contributed by atoms with Crippen LogP contribution >= 0.6 is 11.5 Å². The Kier molecular flexibility index (Phi) is 3.75. The summed E-state index contributed by atoms with van der Waals surface area (Å²) in [7, 11) is 0. The number of aromatic nitrogens is 2. The molecule has 1 aromatic carbocycles. The summed E-state index contributed by atoms with van der Waals surface area (Å²) >= 11 is 1.47. The molecule has 0 radical (unpaired) electrons. The number of anilines is 1. The molecule has 1 aliphatic rings. The first-order chi connectivity index (χ1) is 9.33. The van der Waals surface area contributed by atoms with Crippen LogP contribution in [0.15, 0.2) is 30.3 Å². The molecule has 2 aromatic rings. The van der Waals surface area contributed by atoms with Crippen LogP contribution in [0.4, 0.5) is 5.13 Å². The maximum absolute atomic E-state index is 5.66. The smallest absolute Gasteiger partial charge is 0.205 e. The molecule has 1 aromatic heterocycles. The van der Waals surface area contributed by atoms with Crippen molar-refractivity contribution in [3.8, 4) is 11.4 Å². The van der Waals surface area contributed by atoms with Crippen LogP contribution in [-0.2, 0) is 4.74 Å². The predicted octanol–water partition coefficient (Wildman–Crippen LogP) is 2.82. The van der Waals surface area contributed by atoms with E-state index in [1.807, 2.05) is 30.3 Å². The maximum atomic E-state index is 5.66. The van der Waals surface area contributed by atoms with Gasteiger partial charge in [-0.15, -0.1) is 0 Å². The van der Waals surface area contributed by atoms with Gasteiger partial charge in [0.05, 0.1) is 6.10 Å². The van der Waals surface area contributed by atoms with Crippen molar-refractivity contribution in [3.05, 3.63) is 30.3 Å². The van der Waals surface area contributed by atoms with Crippen molar-refractivity contribution in [2.75, 3.05) is 24.6 Å². The molecule has 1 fully saturated rings. The monoisotopic (exact) mass is 275 g/mol. The van der Waals surface area contributed by atoms with Gasteiger partial charge in [0.1, 0.15) is 0 Å². The van der Waals surface area contributed by atoms with Gasteiger partial charge in [0.15, 0.2) is 5.82 Å². The first-order valence-corrected chi connectivity index (χ1v) is 7.36. The van der Waals surface area contributed by atoms with E-state index < -0.39 is 0 Å².